The summed E-state index contributed by atoms with van der Waals surface area (Å²) in [6.07, 6.45) is 0. The summed E-state index contributed by atoms with van der Waals surface area (Å²) in [5, 5.41) is 5.56. The first-order valence-electron chi connectivity index (χ1n) is 6.76. The largest absolute Gasteiger partial charge is 0.348 e. The maximum atomic E-state index is 11.9. The lowest BCUT2D eigenvalue weighted by molar-refractivity contribution is -0.131. The van der Waals surface area contributed by atoms with Crippen LogP contribution in [0.2, 0.25) is 0 Å². The SMILES string of the molecule is Cc1cc([C@@H](C)NC(=O)CNC(=O)C(C)(C)C)c(C)s1. The highest BCUT2D eigenvalue weighted by Crippen LogP contribution is 2.25. The third-order valence-electron chi connectivity index (χ3n) is 3.01. The highest BCUT2D eigenvalue weighted by Gasteiger charge is 2.22. The molecule has 2 amide bonds. The molecule has 0 radical (unpaired) electrons. The lowest BCUT2D eigenvalue weighted by Gasteiger charge is -2.18. The van der Waals surface area contributed by atoms with Gasteiger partial charge in [0.2, 0.25) is 11.8 Å². The van der Waals surface area contributed by atoms with Crippen molar-refractivity contribution >= 4 is 23.2 Å². The molecule has 0 fully saturated rings. The quantitative estimate of drug-likeness (QED) is 0.897. The molecule has 0 unspecified atom stereocenters. The fourth-order valence-corrected chi connectivity index (χ4v) is 2.90. The Balaban J connectivity index is 2.51. The number of hydrogen-bond donors (Lipinski definition) is 2. The second-order valence-electron chi connectivity index (χ2n) is 6.09. The molecule has 4 nitrogen and oxygen atoms in total. The second-order valence-corrected chi connectivity index (χ2v) is 7.55. The minimum atomic E-state index is -0.479. The van der Waals surface area contributed by atoms with Crippen LogP contribution in [-0.2, 0) is 9.59 Å². The van der Waals surface area contributed by atoms with E-state index >= 15 is 0 Å². The standard InChI is InChI=1S/C15H24N2O2S/c1-9-7-12(11(3)20-9)10(2)17-13(18)8-16-14(19)15(4,5)6/h7,10H,8H2,1-6H3,(H,16,19)(H,17,18)/t10-/m1/s1. The van der Waals surface area contributed by atoms with Gasteiger partial charge in [0.15, 0.2) is 0 Å². The van der Waals surface area contributed by atoms with Gasteiger partial charge in [-0.2, -0.15) is 0 Å². The summed E-state index contributed by atoms with van der Waals surface area (Å²) in [6, 6.07) is 2.05. The van der Waals surface area contributed by atoms with Crippen LogP contribution in [0, 0.1) is 19.3 Å². The van der Waals surface area contributed by atoms with E-state index in [1.54, 1.807) is 11.3 Å². The maximum Gasteiger partial charge on any atom is 0.239 e. The molecule has 5 heteroatoms. The third-order valence-corrected chi connectivity index (χ3v) is 4.00. The molecule has 2 N–H and O–H groups in total. The van der Waals surface area contributed by atoms with Gasteiger partial charge in [0.25, 0.3) is 0 Å². The van der Waals surface area contributed by atoms with E-state index in [1.165, 1.54) is 9.75 Å². The number of hydrogen-bond acceptors (Lipinski definition) is 3. The maximum absolute atomic E-state index is 11.9. The summed E-state index contributed by atoms with van der Waals surface area (Å²) in [5.41, 5.74) is 0.662. The fraction of sp³-hybridized carbons (Fsp3) is 0.600. The molecular weight excluding hydrogens is 272 g/mol. The Morgan fingerprint density at radius 2 is 1.90 bits per heavy atom. The van der Waals surface area contributed by atoms with Gasteiger partial charge in [-0.3, -0.25) is 9.59 Å². The predicted molar refractivity (Wildman–Crippen MR) is 82.8 cm³/mol. The van der Waals surface area contributed by atoms with Crippen LogP contribution in [0.25, 0.3) is 0 Å². The van der Waals surface area contributed by atoms with Gasteiger partial charge >= 0.3 is 0 Å². The van der Waals surface area contributed by atoms with Gasteiger partial charge in [-0.1, -0.05) is 20.8 Å². The van der Waals surface area contributed by atoms with E-state index < -0.39 is 5.41 Å². The van der Waals surface area contributed by atoms with Gasteiger partial charge in [0.05, 0.1) is 12.6 Å². The lowest BCUT2D eigenvalue weighted by atomic mass is 9.96. The molecule has 1 aromatic rings. The molecule has 20 heavy (non-hydrogen) atoms. The number of rotatable bonds is 4. The first-order chi connectivity index (χ1) is 9.11. The minimum absolute atomic E-state index is 0.0165. The highest BCUT2D eigenvalue weighted by atomic mass is 32.1. The van der Waals surface area contributed by atoms with E-state index in [-0.39, 0.29) is 24.4 Å². The predicted octanol–water partition coefficient (Wildman–Crippen LogP) is 2.70. The Labute approximate surface area is 125 Å². The van der Waals surface area contributed by atoms with Crippen molar-refractivity contribution in [3.05, 3.63) is 21.4 Å². The lowest BCUT2D eigenvalue weighted by Crippen LogP contribution is -2.42. The zero-order chi connectivity index (χ0) is 15.5. The van der Waals surface area contributed by atoms with Gasteiger partial charge in [0.1, 0.15) is 0 Å². The molecule has 0 saturated carbocycles. The first-order valence-corrected chi connectivity index (χ1v) is 7.57. The van der Waals surface area contributed by atoms with Crippen molar-refractivity contribution in [2.75, 3.05) is 6.54 Å². The number of aryl methyl sites for hydroxylation is 2. The molecule has 0 bridgehead atoms. The molecule has 0 saturated heterocycles. The summed E-state index contributed by atoms with van der Waals surface area (Å²) in [5.74, 6) is -0.291. The van der Waals surface area contributed by atoms with Crippen LogP contribution < -0.4 is 10.6 Å². The monoisotopic (exact) mass is 296 g/mol. The smallest absolute Gasteiger partial charge is 0.239 e. The number of thiophene rings is 1. The summed E-state index contributed by atoms with van der Waals surface area (Å²) >= 11 is 1.73. The normalized spacial score (nSPS) is 12.9. The van der Waals surface area contributed by atoms with Gasteiger partial charge in [-0.25, -0.2) is 0 Å². The highest BCUT2D eigenvalue weighted by molar-refractivity contribution is 7.12. The van der Waals surface area contributed by atoms with Gasteiger partial charge in [0, 0.05) is 15.2 Å². The van der Waals surface area contributed by atoms with Crippen LogP contribution in [0.5, 0.6) is 0 Å². The molecule has 1 atom stereocenters. The summed E-state index contributed by atoms with van der Waals surface area (Å²) in [4.78, 5) is 26.0. The number of amides is 2. The Kier molecular flexibility index (Phi) is 5.34. The molecule has 1 heterocycles. The van der Waals surface area contributed by atoms with Crippen LogP contribution in [0.4, 0.5) is 0 Å². The molecule has 0 aliphatic carbocycles. The molecular formula is C15H24N2O2S. The average molecular weight is 296 g/mol. The Morgan fingerprint density at radius 3 is 2.35 bits per heavy atom. The van der Waals surface area contributed by atoms with Crippen LogP contribution in [0.3, 0.4) is 0 Å². The number of carbonyl (C=O) groups is 2. The molecule has 0 aliphatic rings. The van der Waals surface area contributed by atoms with Crippen molar-refractivity contribution in [3.8, 4) is 0 Å². The molecule has 1 rings (SSSR count). The third kappa shape index (κ3) is 4.63. The fourth-order valence-electron chi connectivity index (χ4n) is 1.88. The molecule has 0 spiro atoms. The van der Waals surface area contributed by atoms with Gasteiger partial charge in [-0.15, -0.1) is 11.3 Å². The first kappa shape index (κ1) is 16.7. The van der Waals surface area contributed by atoms with Crippen molar-refractivity contribution in [2.24, 2.45) is 5.41 Å². The van der Waals surface area contributed by atoms with Crippen molar-refractivity contribution in [2.45, 2.75) is 47.6 Å². The Bertz CT molecular complexity index is 500. The zero-order valence-electron chi connectivity index (χ0n) is 13.1. The summed E-state index contributed by atoms with van der Waals surface area (Å²) in [6.45, 7) is 11.5. The van der Waals surface area contributed by atoms with E-state index in [0.29, 0.717) is 0 Å². The van der Waals surface area contributed by atoms with E-state index in [4.69, 9.17) is 0 Å². The minimum Gasteiger partial charge on any atom is -0.348 e. The number of nitrogens with one attached hydrogen (secondary N) is 2. The van der Waals surface area contributed by atoms with E-state index in [9.17, 15) is 9.59 Å². The molecule has 0 aliphatic heterocycles. The van der Waals surface area contributed by atoms with E-state index in [2.05, 4.69) is 30.5 Å². The number of carbonyl (C=O) groups excluding carboxylic acids is 2. The average Bonchev–Trinajstić information content (AvgIpc) is 2.64. The van der Waals surface area contributed by atoms with Crippen molar-refractivity contribution in [1.82, 2.24) is 10.6 Å². The van der Waals surface area contributed by atoms with Crippen molar-refractivity contribution in [1.29, 1.82) is 0 Å². The zero-order valence-corrected chi connectivity index (χ0v) is 13.9. The van der Waals surface area contributed by atoms with Crippen molar-refractivity contribution < 1.29 is 9.59 Å². The second kappa shape index (κ2) is 6.39. The van der Waals surface area contributed by atoms with E-state index in [0.717, 1.165) is 5.56 Å². The Hall–Kier alpha value is -1.36. The van der Waals surface area contributed by atoms with E-state index in [1.807, 2.05) is 27.7 Å². The van der Waals surface area contributed by atoms with Crippen LogP contribution in [0.15, 0.2) is 6.07 Å². The van der Waals surface area contributed by atoms with Crippen LogP contribution in [0.1, 0.15) is 49.1 Å². The summed E-state index contributed by atoms with van der Waals surface area (Å²) in [7, 11) is 0. The molecule has 0 aromatic carbocycles. The summed E-state index contributed by atoms with van der Waals surface area (Å²) < 4.78 is 0. The topological polar surface area (TPSA) is 58.2 Å². The van der Waals surface area contributed by atoms with Gasteiger partial charge in [-0.05, 0) is 32.4 Å². The van der Waals surface area contributed by atoms with Crippen molar-refractivity contribution in [3.63, 3.8) is 0 Å². The Morgan fingerprint density at radius 1 is 1.30 bits per heavy atom. The van der Waals surface area contributed by atoms with Gasteiger partial charge < -0.3 is 10.6 Å². The molecule has 112 valence electrons. The van der Waals surface area contributed by atoms with Crippen LogP contribution in [-0.4, -0.2) is 18.4 Å². The van der Waals surface area contributed by atoms with Crippen LogP contribution >= 0.6 is 11.3 Å². The molecule has 1 aromatic heterocycles.